The van der Waals surface area contributed by atoms with Crippen LogP contribution in [-0.4, -0.2) is 10.5 Å². The molecule has 1 aromatic carbocycles. The summed E-state index contributed by atoms with van der Waals surface area (Å²) >= 11 is 3.28. The van der Waals surface area contributed by atoms with Crippen LogP contribution in [0.5, 0.6) is 0 Å². The molecule has 1 heterocycles. The fourth-order valence-electron chi connectivity index (χ4n) is 1.63. The number of nitrogens with one attached hydrogen (secondary N) is 1. The Labute approximate surface area is 117 Å². The van der Waals surface area contributed by atoms with Gasteiger partial charge in [0.1, 0.15) is 17.6 Å². The minimum absolute atomic E-state index is 0.106. The normalized spacial score (nSPS) is 10.0. The summed E-state index contributed by atoms with van der Waals surface area (Å²) < 4.78 is 15.6. The molecule has 0 radical (unpaired) electrons. The van der Waals surface area contributed by atoms with Crippen LogP contribution in [0.15, 0.2) is 34.9 Å². The molecule has 0 saturated carbocycles. The van der Waals surface area contributed by atoms with Crippen LogP contribution in [0.3, 0.4) is 0 Å². The van der Waals surface area contributed by atoms with E-state index in [0.29, 0.717) is 11.4 Å². The summed E-state index contributed by atoms with van der Waals surface area (Å²) in [6.45, 7) is 0. The Kier molecular flexibility index (Phi) is 3.67. The van der Waals surface area contributed by atoms with Gasteiger partial charge in [0.2, 0.25) is 0 Å². The second-order valence-corrected chi connectivity index (χ2v) is 4.83. The first-order valence-electron chi connectivity index (χ1n) is 5.34. The number of aromatic nitrogens is 1. The van der Waals surface area contributed by atoms with Crippen LogP contribution in [0.25, 0.3) is 0 Å². The fourth-order valence-corrected chi connectivity index (χ4v) is 2.16. The van der Waals surface area contributed by atoms with Crippen molar-refractivity contribution >= 4 is 27.5 Å². The van der Waals surface area contributed by atoms with Gasteiger partial charge in [0.05, 0.1) is 5.56 Å². The van der Waals surface area contributed by atoms with Crippen molar-refractivity contribution in [3.8, 4) is 6.07 Å². The van der Waals surface area contributed by atoms with Gasteiger partial charge in [-0.15, -0.1) is 0 Å². The highest BCUT2D eigenvalue weighted by Gasteiger charge is 2.12. The summed E-state index contributed by atoms with van der Waals surface area (Å²) in [5.41, 5.74) is 0.723. The zero-order valence-electron chi connectivity index (χ0n) is 9.95. The number of carbonyl (C=O) groups excluding carboxylic acids is 1. The van der Waals surface area contributed by atoms with Gasteiger partial charge in [0, 0.05) is 23.4 Å². The van der Waals surface area contributed by atoms with Crippen LogP contribution < -0.4 is 5.32 Å². The number of carbonyl (C=O) groups is 1. The summed E-state index contributed by atoms with van der Waals surface area (Å²) in [7, 11) is 1.74. The number of nitriles is 1. The molecule has 0 aliphatic rings. The topological polar surface area (TPSA) is 57.8 Å². The van der Waals surface area contributed by atoms with Gasteiger partial charge in [-0.05, 0) is 40.2 Å². The van der Waals surface area contributed by atoms with Crippen LogP contribution in [0, 0.1) is 17.1 Å². The summed E-state index contributed by atoms with van der Waals surface area (Å²) in [6.07, 6.45) is 1.75. The maximum atomic E-state index is 13.2. The molecular weight excluding hydrogens is 313 g/mol. The van der Waals surface area contributed by atoms with Crippen molar-refractivity contribution in [2.75, 3.05) is 5.32 Å². The molecule has 0 fully saturated rings. The van der Waals surface area contributed by atoms with Gasteiger partial charge in [-0.1, -0.05) is 0 Å². The lowest BCUT2D eigenvalue weighted by Crippen LogP contribution is -2.15. The van der Waals surface area contributed by atoms with E-state index in [1.165, 1.54) is 12.1 Å². The standard InChI is InChI=1S/C13H9BrFN3O/c1-18-7-9(14)5-12(18)13(19)17-10-2-3-11(15)8(4-10)6-16/h2-5,7H,1H3,(H,17,19). The van der Waals surface area contributed by atoms with Crippen molar-refractivity contribution in [1.29, 1.82) is 5.26 Å². The predicted octanol–water partition coefficient (Wildman–Crippen LogP) is 3.05. The van der Waals surface area contributed by atoms with Crippen molar-refractivity contribution in [3.05, 3.63) is 52.0 Å². The SMILES string of the molecule is Cn1cc(Br)cc1C(=O)Nc1ccc(F)c(C#N)c1. The Hall–Kier alpha value is -2.13. The second kappa shape index (κ2) is 5.24. The van der Waals surface area contributed by atoms with Crippen LogP contribution in [0.2, 0.25) is 0 Å². The van der Waals surface area contributed by atoms with Gasteiger partial charge in [-0.3, -0.25) is 4.79 Å². The van der Waals surface area contributed by atoms with E-state index >= 15 is 0 Å². The van der Waals surface area contributed by atoms with Gasteiger partial charge in [-0.25, -0.2) is 4.39 Å². The highest BCUT2D eigenvalue weighted by atomic mass is 79.9. The highest BCUT2D eigenvalue weighted by Crippen LogP contribution is 2.17. The van der Waals surface area contributed by atoms with Crippen molar-refractivity contribution in [2.24, 2.45) is 7.05 Å². The monoisotopic (exact) mass is 321 g/mol. The predicted molar refractivity (Wildman–Crippen MR) is 72.2 cm³/mol. The molecule has 0 saturated heterocycles. The van der Waals surface area contributed by atoms with Crippen LogP contribution >= 0.6 is 15.9 Å². The molecule has 2 aromatic rings. The first-order valence-corrected chi connectivity index (χ1v) is 6.13. The maximum absolute atomic E-state index is 13.2. The molecule has 19 heavy (non-hydrogen) atoms. The minimum atomic E-state index is -0.609. The largest absolute Gasteiger partial charge is 0.345 e. The molecule has 0 atom stereocenters. The van der Waals surface area contributed by atoms with Crippen LogP contribution in [0.4, 0.5) is 10.1 Å². The molecule has 0 unspecified atom stereocenters. The number of halogens is 2. The average Bonchev–Trinajstić information content (AvgIpc) is 2.71. The van der Waals surface area contributed by atoms with Crippen molar-refractivity contribution in [2.45, 2.75) is 0 Å². The molecule has 1 amide bonds. The van der Waals surface area contributed by atoms with E-state index in [2.05, 4.69) is 21.2 Å². The zero-order chi connectivity index (χ0) is 14.0. The lowest BCUT2D eigenvalue weighted by Gasteiger charge is -2.06. The van der Waals surface area contributed by atoms with Gasteiger partial charge in [0.15, 0.2) is 0 Å². The van der Waals surface area contributed by atoms with Crippen molar-refractivity contribution in [3.63, 3.8) is 0 Å². The van der Waals surface area contributed by atoms with E-state index in [1.54, 1.807) is 29.9 Å². The summed E-state index contributed by atoms with van der Waals surface area (Å²) in [4.78, 5) is 12.0. The number of nitrogens with zero attached hydrogens (tertiary/aromatic N) is 2. The number of anilines is 1. The summed E-state index contributed by atoms with van der Waals surface area (Å²) in [5.74, 6) is -0.939. The summed E-state index contributed by atoms with van der Waals surface area (Å²) in [6, 6.07) is 7.25. The number of benzene rings is 1. The molecule has 2 rings (SSSR count). The number of aryl methyl sites for hydroxylation is 1. The smallest absolute Gasteiger partial charge is 0.272 e. The molecule has 0 aliphatic carbocycles. The van der Waals surface area contributed by atoms with E-state index < -0.39 is 5.82 Å². The van der Waals surface area contributed by atoms with Crippen molar-refractivity contribution < 1.29 is 9.18 Å². The molecule has 0 spiro atoms. The van der Waals surface area contributed by atoms with E-state index in [-0.39, 0.29) is 11.5 Å². The molecule has 0 bridgehead atoms. The Morgan fingerprint density at radius 1 is 1.47 bits per heavy atom. The zero-order valence-corrected chi connectivity index (χ0v) is 11.5. The molecule has 4 nitrogen and oxygen atoms in total. The Bertz CT molecular complexity index is 688. The minimum Gasteiger partial charge on any atom is -0.345 e. The third-order valence-corrected chi connectivity index (χ3v) is 2.98. The number of hydrogen-bond donors (Lipinski definition) is 1. The molecule has 0 aliphatic heterocycles. The highest BCUT2D eigenvalue weighted by molar-refractivity contribution is 9.10. The van der Waals surface area contributed by atoms with Gasteiger partial charge >= 0.3 is 0 Å². The van der Waals surface area contributed by atoms with E-state index in [1.807, 2.05) is 0 Å². The quantitative estimate of drug-likeness (QED) is 0.924. The average molecular weight is 322 g/mol. The third-order valence-electron chi connectivity index (χ3n) is 2.55. The summed E-state index contributed by atoms with van der Waals surface area (Å²) in [5, 5.41) is 11.3. The molecule has 6 heteroatoms. The van der Waals surface area contributed by atoms with Gasteiger partial charge in [-0.2, -0.15) is 5.26 Å². The molecule has 96 valence electrons. The fraction of sp³-hybridized carbons (Fsp3) is 0.0769. The molecule has 1 N–H and O–H groups in total. The van der Waals surface area contributed by atoms with Crippen LogP contribution in [-0.2, 0) is 7.05 Å². The van der Waals surface area contributed by atoms with Gasteiger partial charge < -0.3 is 9.88 Å². The third kappa shape index (κ3) is 2.83. The first-order chi connectivity index (χ1) is 9.01. The second-order valence-electron chi connectivity index (χ2n) is 3.92. The Balaban J connectivity index is 2.25. The number of rotatable bonds is 2. The Morgan fingerprint density at radius 3 is 2.79 bits per heavy atom. The van der Waals surface area contributed by atoms with E-state index in [9.17, 15) is 9.18 Å². The number of amides is 1. The molecule has 1 aromatic heterocycles. The van der Waals surface area contributed by atoms with Crippen molar-refractivity contribution in [1.82, 2.24) is 4.57 Å². The number of hydrogen-bond acceptors (Lipinski definition) is 2. The lowest BCUT2D eigenvalue weighted by atomic mass is 10.2. The molecular formula is C13H9BrFN3O. The van der Waals surface area contributed by atoms with Gasteiger partial charge in [0.25, 0.3) is 5.91 Å². The van der Waals surface area contributed by atoms with Crippen LogP contribution in [0.1, 0.15) is 16.1 Å². The first kappa shape index (κ1) is 13.3. The van der Waals surface area contributed by atoms with E-state index in [4.69, 9.17) is 5.26 Å². The van der Waals surface area contributed by atoms with E-state index in [0.717, 1.165) is 10.5 Å². The Morgan fingerprint density at radius 2 is 2.21 bits per heavy atom. The maximum Gasteiger partial charge on any atom is 0.272 e. The lowest BCUT2D eigenvalue weighted by molar-refractivity contribution is 0.101.